The number of quaternary nitrogens is 1. The maximum absolute atomic E-state index is 10.7. The predicted octanol–water partition coefficient (Wildman–Crippen LogP) is 1.09. The molecule has 4 nitrogen and oxygen atoms in total. The first-order chi connectivity index (χ1) is 6.68. The zero-order valence-electron chi connectivity index (χ0n) is 10.3. The molecule has 15 heavy (non-hydrogen) atoms. The van der Waals surface area contributed by atoms with E-state index in [2.05, 4.69) is 0 Å². The summed E-state index contributed by atoms with van der Waals surface area (Å²) >= 11 is 0. The summed E-state index contributed by atoms with van der Waals surface area (Å²) < 4.78 is 0.577. The summed E-state index contributed by atoms with van der Waals surface area (Å²) in [5.74, 6) is -0.929. The van der Waals surface area contributed by atoms with Gasteiger partial charge in [-0.3, -0.25) is 4.79 Å². The van der Waals surface area contributed by atoms with Crippen molar-refractivity contribution >= 4 is 5.97 Å². The Bertz CT molecular complexity index is 210. The number of nitrogens with zero attached hydrogens (tertiary/aromatic N) is 1. The number of carbonyl (C=O) groups is 1. The summed E-state index contributed by atoms with van der Waals surface area (Å²) in [6.45, 7) is 2.51. The van der Waals surface area contributed by atoms with E-state index in [1.165, 1.54) is 0 Å². The van der Waals surface area contributed by atoms with Crippen molar-refractivity contribution in [3.63, 3.8) is 0 Å². The van der Waals surface area contributed by atoms with Gasteiger partial charge in [0.1, 0.15) is 12.1 Å². The van der Waals surface area contributed by atoms with Crippen molar-refractivity contribution in [2.24, 2.45) is 0 Å². The Morgan fingerprint density at radius 2 is 1.87 bits per heavy atom. The van der Waals surface area contributed by atoms with Gasteiger partial charge in [-0.15, -0.1) is 0 Å². The molecule has 0 spiro atoms. The van der Waals surface area contributed by atoms with Crippen LogP contribution < -0.4 is 0 Å². The Morgan fingerprint density at radius 3 is 2.20 bits per heavy atom. The largest absolute Gasteiger partial charge is 0.481 e. The fraction of sp³-hybridized carbons (Fsp3) is 0.909. The SMILES string of the molecule is CCCC[C@@](O)(CC(=O)O)C[N+](C)(C)C. The van der Waals surface area contributed by atoms with Crippen molar-refractivity contribution in [3.05, 3.63) is 0 Å². The lowest BCUT2D eigenvalue weighted by atomic mass is 9.92. The molecule has 2 N–H and O–H groups in total. The first-order valence-corrected chi connectivity index (χ1v) is 5.43. The Kier molecular flexibility index (Phi) is 5.24. The minimum absolute atomic E-state index is 0.164. The molecule has 0 rings (SSSR count). The maximum Gasteiger partial charge on any atom is 0.306 e. The molecule has 0 aromatic carbocycles. The molecule has 0 fully saturated rings. The van der Waals surface area contributed by atoms with Crippen molar-refractivity contribution in [1.82, 2.24) is 0 Å². The van der Waals surface area contributed by atoms with Crippen LogP contribution >= 0.6 is 0 Å². The van der Waals surface area contributed by atoms with Gasteiger partial charge in [-0.25, -0.2) is 0 Å². The number of hydrogen-bond acceptors (Lipinski definition) is 2. The highest BCUT2D eigenvalue weighted by Crippen LogP contribution is 2.21. The Balaban J connectivity index is 4.46. The Morgan fingerprint density at radius 1 is 1.33 bits per heavy atom. The number of likely N-dealkylation sites (N-methyl/N-ethyl adjacent to an activating group) is 1. The van der Waals surface area contributed by atoms with Gasteiger partial charge < -0.3 is 14.7 Å². The zero-order valence-corrected chi connectivity index (χ0v) is 10.3. The van der Waals surface area contributed by atoms with Gasteiger partial charge in [0.2, 0.25) is 0 Å². The van der Waals surface area contributed by atoms with Gasteiger partial charge in [0.25, 0.3) is 0 Å². The van der Waals surface area contributed by atoms with E-state index in [1.54, 1.807) is 0 Å². The second-order valence-corrected chi connectivity index (χ2v) is 5.35. The van der Waals surface area contributed by atoms with E-state index in [-0.39, 0.29) is 6.42 Å². The molecule has 0 bridgehead atoms. The monoisotopic (exact) mass is 218 g/mol. The second-order valence-electron chi connectivity index (χ2n) is 5.35. The third-order valence-electron chi connectivity index (χ3n) is 2.24. The number of aliphatic hydroxyl groups is 1. The van der Waals surface area contributed by atoms with Gasteiger partial charge in [-0.2, -0.15) is 0 Å². The molecule has 0 saturated heterocycles. The third-order valence-corrected chi connectivity index (χ3v) is 2.24. The van der Waals surface area contributed by atoms with Crippen molar-refractivity contribution < 1.29 is 19.5 Å². The van der Waals surface area contributed by atoms with Crippen molar-refractivity contribution in [1.29, 1.82) is 0 Å². The van der Waals surface area contributed by atoms with Gasteiger partial charge in [0.05, 0.1) is 27.6 Å². The molecular weight excluding hydrogens is 194 g/mol. The molecule has 0 radical (unpaired) electrons. The van der Waals surface area contributed by atoms with Crippen molar-refractivity contribution in [2.75, 3.05) is 27.7 Å². The van der Waals surface area contributed by atoms with Gasteiger partial charge >= 0.3 is 5.97 Å². The number of unbranched alkanes of at least 4 members (excludes halogenated alkanes) is 1. The lowest BCUT2D eigenvalue weighted by molar-refractivity contribution is -0.877. The summed E-state index contributed by atoms with van der Waals surface area (Å²) in [4.78, 5) is 10.7. The lowest BCUT2D eigenvalue weighted by Gasteiger charge is -2.34. The van der Waals surface area contributed by atoms with Gasteiger partial charge in [-0.1, -0.05) is 19.8 Å². The average molecular weight is 218 g/mol. The molecule has 0 aromatic heterocycles. The van der Waals surface area contributed by atoms with E-state index in [1.807, 2.05) is 28.1 Å². The van der Waals surface area contributed by atoms with Gasteiger partial charge in [-0.05, 0) is 6.42 Å². The van der Waals surface area contributed by atoms with Crippen LogP contribution in [0.2, 0.25) is 0 Å². The first kappa shape index (κ1) is 14.4. The van der Waals surface area contributed by atoms with Crippen LogP contribution in [0, 0.1) is 0 Å². The van der Waals surface area contributed by atoms with E-state index < -0.39 is 11.6 Å². The quantitative estimate of drug-likeness (QED) is 0.629. The number of aliphatic carboxylic acids is 1. The Labute approximate surface area is 92.1 Å². The summed E-state index contributed by atoms with van der Waals surface area (Å²) in [6, 6.07) is 0. The molecule has 0 unspecified atom stereocenters. The molecule has 0 saturated carbocycles. The normalized spacial score (nSPS) is 16.1. The highest BCUT2D eigenvalue weighted by atomic mass is 16.4. The van der Waals surface area contributed by atoms with E-state index in [0.717, 1.165) is 12.8 Å². The molecule has 0 aliphatic carbocycles. The van der Waals surface area contributed by atoms with E-state index in [0.29, 0.717) is 17.4 Å². The van der Waals surface area contributed by atoms with Crippen LogP contribution in [-0.2, 0) is 4.79 Å². The molecule has 0 aromatic rings. The standard InChI is InChI=1S/C11H23NO3/c1-5-6-7-11(15,8-10(13)14)9-12(2,3)4/h15H,5-9H2,1-4H3/p+1/t11-/m1/s1. The van der Waals surface area contributed by atoms with Crippen LogP contribution in [0.15, 0.2) is 0 Å². The van der Waals surface area contributed by atoms with E-state index in [9.17, 15) is 9.90 Å². The van der Waals surface area contributed by atoms with E-state index in [4.69, 9.17) is 5.11 Å². The fourth-order valence-corrected chi connectivity index (χ4v) is 1.89. The lowest BCUT2D eigenvalue weighted by Crippen LogP contribution is -2.50. The van der Waals surface area contributed by atoms with Crippen molar-refractivity contribution in [2.45, 2.75) is 38.2 Å². The summed E-state index contributed by atoms with van der Waals surface area (Å²) in [7, 11) is 5.87. The van der Waals surface area contributed by atoms with Crippen LogP contribution in [0.25, 0.3) is 0 Å². The smallest absolute Gasteiger partial charge is 0.306 e. The minimum Gasteiger partial charge on any atom is -0.481 e. The number of carboxylic acid groups (broad SMARTS) is 1. The minimum atomic E-state index is -1.07. The highest BCUT2D eigenvalue weighted by Gasteiger charge is 2.35. The van der Waals surface area contributed by atoms with Crippen LogP contribution in [0.4, 0.5) is 0 Å². The predicted molar refractivity (Wildman–Crippen MR) is 59.6 cm³/mol. The topological polar surface area (TPSA) is 57.5 Å². The molecule has 1 atom stereocenters. The third kappa shape index (κ3) is 7.33. The second kappa shape index (κ2) is 5.47. The molecule has 0 aliphatic heterocycles. The maximum atomic E-state index is 10.7. The van der Waals surface area contributed by atoms with E-state index >= 15 is 0 Å². The van der Waals surface area contributed by atoms with Crippen LogP contribution in [-0.4, -0.2) is 54.0 Å². The molecule has 0 amide bonds. The van der Waals surface area contributed by atoms with Gasteiger partial charge in [0, 0.05) is 0 Å². The molecule has 0 heterocycles. The number of hydrogen-bond donors (Lipinski definition) is 2. The molecule has 90 valence electrons. The van der Waals surface area contributed by atoms with Crippen molar-refractivity contribution in [3.8, 4) is 0 Å². The molecule has 4 heteroatoms. The Hall–Kier alpha value is -0.610. The summed E-state index contributed by atoms with van der Waals surface area (Å²) in [5.41, 5.74) is -1.07. The first-order valence-electron chi connectivity index (χ1n) is 5.43. The highest BCUT2D eigenvalue weighted by molar-refractivity contribution is 5.68. The molecule has 0 aliphatic rings. The van der Waals surface area contributed by atoms with Crippen LogP contribution in [0.3, 0.4) is 0 Å². The average Bonchev–Trinajstić information content (AvgIpc) is 1.95. The zero-order chi connectivity index (χ0) is 12.1. The summed E-state index contributed by atoms with van der Waals surface area (Å²) in [6.07, 6.45) is 2.23. The fourth-order valence-electron chi connectivity index (χ4n) is 1.89. The van der Waals surface area contributed by atoms with Gasteiger partial charge in [0.15, 0.2) is 0 Å². The summed E-state index contributed by atoms with van der Waals surface area (Å²) in [5, 5.41) is 19.0. The number of carboxylic acids is 1. The van der Waals surface area contributed by atoms with Crippen LogP contribution in [0.5, 0.6) is 0 Å². The van der Waals surface area contributed by atoms with Crippen LogP contribution in [0.1, 0.15) is 32.6 Å². The number of rotatable bonds is 7. The molecular formula is C11H24NO3+.